The maximum Gasteiger partial charge on any atom is 0.222 e. The number of allylic oxidation sites excluding steroid dienone is 4. The molecule has 2 fully saturated rings. The van der Waals surface area contributed by atoms with Gasteiger partial charge in [-0.15, -0.1) is 0 Å². The molecule has 0 aromatic heterocycles. The average molecular weight is 541 g/mol. The van der Waals surface area contributed by atoms with Gasteiger partial charge in [0.1, 0.15) is 0 Å². The summed E-state index contributed by atoms with van der Waals surface area (Å²) in [4.78, 5) is 28.4. The first kappa shape index (κ1) is 30.5. The number of hydrogen-bond acceptors (Lipinski definition) is 4. The molecule has 5 nitrogen and oxygen atoms in total. The minimum atomic E-state index is -0.143. The molecule has 2 saturated carbocycles. The molecule has 0 spiro atoms. The summed E-state index contributed by atoms with van der Waals surface area (Å²) in [5.74, 6) is 2.44. The van der Waals surface area contributed by atoms with Crippen molar-refractivity contribution in [3.63, 3.8) is 0 Å². The third-order valence-electron chi connectivity index (χ3n) is 10.8. The Morgan fingerprint density at radius 2 is 1.62 bits per heavy atom. The van der Waals surface area contributed by atoms with E-state index in [9.17, 15) is 14.7 Å². The first-order valence-electron chi connectivity index (χ1n) is 16.2. The van der Waals surface area contributed by atoms with Crippen molar-refractivity contribution in [2.24, 2.45) is 23.2 Å². The molecule has 0 aromatic carbocycles. The number of hydrogen-bond donors (Lipinski definition) is 1. The molecule has 5 heteroatoms. The first-order chi connectivity index (χ1) is 18.7. The first-order valence-corrected chi connectivity index (χ1v) is 16.2. The Balaban J connectivity index is 1.18. The largest absolute Gasteiger partial charge is 0.393 e. The molecule has 0 bridgehead atoms. The molecule has 5 atom stereocenters. The van der Waals surface area contributed by atoms with Crippen molar-refractivity contribution in [3.8, 4) is 0 Å². The smallest absolute Gasteiger partial charge is 0.222 e. The van der Waals surface area contributed by atoms with E-state index in [0.29, 0.717) is 36.4 Å². The molecule has 1 amide bonds. The number of unbranched alkanes of at least 4 members (excludes halogenated alkanes) is 7. The fraction of sp³-hybridized carbons (Fsp3) is 0.824. The van der Waals surface area contributed by atoms with Crippen LogP contribution in [0, 0.1) is 23.2 Å². The van der Waals surface area contributed by atoms with Crippen LogP contribution in [0.1, 0.15) is 116 Å². The van der Waals surface area contributed by atoms with Crippen LogP contribution in [0.15, 0.2) is 22.8 Å². The van der Waals surface area contributed by atoms with Gasteiger partial charge in [0, 0.05) is 33.0 Å². The molecule has 1 N–H and O–H groups in total. The van der Waals surface area contributed by atoms with Crippen molar-refractivity contribution < 1.29 is 14.7 Å². The predicted octanol–water partition coefficient (Wildman–Crippen LogP) is 6.70. The Kier molecular flexibility index (Phi) is 10.9. The van der Waals surface area contributed by atoms with Crippen LogP contribution in [0.4, 0.5) is 0 Å². The van der Waals surface area contributed by atoms with E-state index < -0.39 is 0 Å². The molecule has 4 aliphatic carbocycles. The molecule has 0 aliphatic heterocycles. The van der Waals surface area contributed by atoms with E-state index in [1.807, 2.05) is 32.1 Å². The lowest BCUT2D eigenvalue weighted by Crippen LogP contribution is -2.45. The van der Waals surface area contributed by atoms with Crippen LogP contribution >= 0.6 is 0 Å². The van der Waals surface area contributed by atoms with Crippen LogP contribution in [0.2, 0.25) is 0 Å². The Hall–Kier alpha value is -1.46. The number of amides is 1. The van der Waals surface area contributed by atoms with Crippen molar-refractivity contribution >= 4 is 11.7 Å². The SMILES string of the molecule is CN(C)CCN(C)C(=O)CCCCCCCCCC[C@H]1C[C@]2(C)[C@@H](O)CC[C@H]2[C@@H]2CCC3=CC(=O)CCC3=C12. The van der Waals surface area contributed by atoms with Gasteiger partial charge in [-0.1, -0.05) is 57.4 Å². The van der Waals surface area contributed by atoms with E-state index in [2.05, 4.69) is 11.8 Å². The highest BCUT2D eigenvalue weighted by molar-refractivity contribution is 5.93. The quantitative estimate of drug-likeness (QED) is 0.249. The molecule has 39 heavy (non-hydrogen) atoms. The normalized spacial score (nSPS) is 30.2. The summed E-state index contributed by atoms with van der Waals surface area (Å²) in [6.07, 6.45) is 20.8. The van der Waals surface area contributed by atoms with Crippen molar-refractivity contribution in [2.75, 3.05) is 34.2 Å². The highest BCUT2D eigenvalue weighted by atomic mass is 16.3. The number of aliphatic hydroxyl groups excluding tert-OH is 1. The minimum Gasteiger partial charge on any atom is -0.393 e. The summed E-state index contributed by atoms with van der Waals surface area (Å²) in [7, 11) is 6.01. The van der Waals surface area contributed by atoms with Crippen molar-refractivity contribution in [1.29, 1.82) is 0 Å². The van der Waals surface area contributed by atoms with E-state index >= 15 is 0 Å². The van der Waals surface area contributed by atoms with Crippen molar-refractivity contribution in [1.82, 2.24) is 9.80 Å². The second kappa shape index (κ2) is 13.9. The summed E-state index contributed by atoms with van der Waals surface area (Å²) in [6, 6.07) is 0. The Morgan fingerprint density at radius 1 is 0.923 bits per heavy atom. The zero-order valence-corrected chi connectivity index (χ0v) is 25.5. The Bertz CT molecular complexity index is 921. The molecule has 0 radical (unpaired) electrons. The molecule has 4 rings (SSSR count). The minimum absolute atomic E-state index is 0.0770. The molecule has 0 unspecified atom stereocenters. The second-order valence-corrected chi connectivity index (χ2v) is 13.8. The van der Waals surface area contributed by atoms with Gasteiger partial charge in [0.25, 0.3) is 0 Å². The lowest BCUT2D eigenvalue weighted by atomic mass is 9.53. The number of aliphatic hydroxyl groups is 1. The second-order valence-electron chi connectivity index (χ2n) is 13.8. The van der Waals surface area contributed by atoms with Crippen LogP contribution in [-0.4, -0.2) is 66.9 Å². The average Bonchev–Trinajstić information content (AvgIpc) is 3.21. The number of fused-ring (bicyclic) bond motifs is 4. The Morgan fingerprint density at radius 3 is 2.33 bits per heavy atom. The van der Waals surface area contributed by atoms with Gasteiger partial charge in [0.05, 0.1) is 6.10 Å². The van der Waals surface area contributed by atoms with Gasteiger partial charge in [-0.2, -0.15) is 0 Å². The molecular formula is C34H56N2O3. The molecule has 0 heterocycles. The third kappa shape index (κ3) is 7.44. The summed E-state index contributed by atoms with van der Waals surface area (Å²) in [6.45, 7) is 4.11. The maximum absolute atomic E-state index is 12.2. The standard InChI is InChI=1S/C34H56N2O3/c1-34-24-26(13-11-9-7-5-6-8-10-12-14-32(39)36(4)22-21-35(2)3)33-28-18-16-27(37)23-25(28)15-17-29(33)30(34)19-20-31(34)38/h23,26,29-31,38H,5-22,24H2,1-4H3/t26-,29-,30-,31-,34-/m0/s1. The van der Waals surface area contributed by atoms with E-state index in [4.69, 9.17) is 0 Å². The number of carbonyl (C=O) groups is 2. The van der Waals surface area contributed by atoms with Gasteiger partial charge in [-0.05, 0) is 106 Å². The highest BCUT2D eigenvalue weighted by Gasteiger charge is 2.55. The van der Waals surface area contributed by atoms with Gasteiger partial charge >= 0.3 is 0 Å². The van der Waals surface area contributed by atoms with E-state index in [-0.39, 0.29) is 17.4 Å². The number of likely N-dealkylation sites (N-methyl/N-ethyl adjacent to an activating group) is 2. The lowest BCUT2D eigenvalue weighted by Gasteiger charge is -2.52. The van der Waals surface area contributed by atoms with Crippen LogP contribution in [0.25, 0.3) is 0 Å². The molecule has 0 saturated heterocycles. The van der Waals surface area contributed by atoms with Crippen LogP contribution in [0.5, 0.6) is 0 Å². The van der Waals surface area contributed by atoms with Gasteiger partial charge in [-0.3, -0.25) is 9.59 Å². The van der Waals surface area contributed by atoms with E-state index in [0.717, 1.165) is 51.6 Å². The van der Waals surface area contributed by atoms with Gasteiger partial charge < -0.3 is 14.9 Å². The zero-order chi connectivity index (χ0) is 28.0. The highest BCUT2D eigenvalue weighted by Crippen LogP contribution is 2.62. The predicted molar refractivity (Wildman–Crippen MR) is 159 cm³/mol. The van der Waals surface area contributed by atoms with Crippen LogP contribution in [0.3, 0.4) is 0 Å². The fourth-order valence-electron chi connectivity index (χ4n) is 8.46. The molecule has 4 aliphatic rings. The fourth-order valence-corrected chi connectivity index (χ4v) is 8.46. The molecular weight excluding hydrogens is 484 g/mol. The number of rotatable bonds is 14. The summed E-state index contributed by atoms with van der Waals surface area (Å²) < 4.78 is 0. The van der Waals surface area contributed by atoms with Crippen molar-refractivity contribution in [3.05, 3.63) is 22.8 Å². The number of nitrogens with zero attached hydrogens (tertiary/aromatic N) is 2. The monoisotopic (exact) mass is 540 g/mol. The van der Waals surface area contributed by atoms with Gasteiger partial charge in [-0.25, -0.2) is 0 Å². The zero-order valence-electron chi connectivity index (χ0n) is 25.5. The van der Waals surface area contributed by atoms with Gasteiger partial charge in [0.2, 0.25) is 5.91 Å². The van der Waals surface area contributed by atoms with E-state index in [1.165, 1.54) is 63.4 Å². The maximum atomic E-state index is 12.2. The summed E-state index contributed by atoms with van der Waals surface area (Å²) in [5, 5.41) is 11.0. The third-order valence-corrected chi connectivity index (χ3v) is 10.8. The number of ketones is 1. The van der Waals surface area contributed by atoms with Crippen LogP contribution in [-0.2, 0) is 9.59 Å². The lowest BCUT2D eigenvalue weighted by molar-refractivity contribution is -0.130. The van der Waals surface area contributed by atoms with Gasteiger partial charge in [0.15, 0.2) is 5.78 Å². The summed E-state index contributed by atoms with van der Waals surface area (Å²) >= 11 is 0. The van der Waals surface area contributed by atoms with Crippen molar-refractivity contribution in [2.45, 2.75) is 122 Å². The number of carbonyl (C=O) groups excluding carboxylic acids is 2. The molecule has 0 aromatic rings. The topological polar surface area (TPSA) is 60.9 Å². The summed E-state index contributed by atoms with van der Waals surface area (Å²) in [5.41, 5.74) is 4.71. The van der Waals surface area contributed by atoms with E-state index in [1.54, 1.807) is 11.1 Å². The van der Waals surface area contributed by atoms with Crippen LogP contribution < -0.4 is 0 Å². The molecule has 220 valence electrons. The Labute approximate surface area is 238 Å².